The highest BCUT2D eigenvalue weighted by Crippen LogP contribution is 2.25. The monoisotopic (exact) mass is 347 g/mol. The minimum Gasteiger partial charge on any atom is -0.249 e. The second-order valence-corrected chi connectivity index (χ2v) is 5.77. The quantitative estimate of drug-likeness (QED) is 0.486. The van der Waals surface area contributed by atoms with E-state index in [1.807, 2.05) is 0 Å². The molecule has 4 aromatic rings. The van der Waals surface area contributed by atoms with Gasteiger partial charge in [-0.05, 0) is 19.1 Å². The third-order valence-electron chi connectivity index (χ3n) is 3.40. The average Bonchev–Trinajstić information content (AvgIpc) is 2.90. The van der Waals surface area contributed by atoms with Gasteiger partial charge in [-0.25, -0.2) is 23.9 Å². The number of hydrogen-bond donors (Lipinski definition) is 0. The van der Waals surface area contributed by atoms with Crippen LogP contribution in [0.5, 0.6) is 0 Å². The molecule has 0 spiro atoms. The number of hydrogen-bond acceptors (Lipinski definition) is 4. The van der Waals surface area contributed by atoms with Gasteiger partial charge in [-0.1, -0.05) is 23.2 Å². The predicted octanol–water partition coefficient (Wildman–Crippen LogP) is 4.09. The molecular weight excluding hydrogens is 340 g/mol. The number of aromatic nitrogens is 5. The molecule has 23 heavy (non-hydrogen) atoms. The lowest BCUT2D eigenvalue weighted by molar-refractivity contribution is 0.629. The average molecular weight is 348 g/mol. The van der Waals surface area contributed by atoms with Gasteiger partial charge in [-0.2, -0.15) is 5.10 Å². The third-order valence-corrected chi connectivity index (χ3v) is 3.86. The zero-order valence-corrected chi connectivity index (χ0v) is 13.3. The van der Waals surface area contributed by atoms with Crippen molar-refractivity contribution in [2.45, 2.75) is 6.92 Å². The van der Waals surface area contributed by atoms with E-state index < -0.39 is 0 Å². The molecule has 0 saturated carbocycles. The molecule has 0 atom stereocenters. The molecule has 5 nitrogen and oxygen atoms in total. The van der Waals surface area contributed by atoms with E-state index in [0.29, 0.717) is 38.9 Å². The molecule has 0 N–H and O–H groups in total. The Morgan fingerprint density at radius 3 is 2.65 bits per heavy atom. The van der Waals surface area contributed by atoms with Crippen molar-refractivity contribution in [3.05, 3.63) is 52.1 Å². The summed E-state index contributed by atoms with van der Waals surface area (Å²) in [4.78, 5) is 13.1. The van der Waals surface area contributed by atoms with Gasteiger partial charge >= 0.3 is 0 Å². The summed E-state index contributed by atoms with van der Waals surface area (Å²) in [5, 5.41) is 5.03. The van der Waals surface area contributed by atoms with Crippen molar-refractivity contribution >= 4 is 39.9 Å². The van der Waals surface area contributed by atoms with Crippen LogP contribution in [0.2, 0.25) is 10.3 Å². The summed E-state index contributed by atoms with van der Waals surface area (Å²) in [5.41, 5.74) is 3.38. The maximum Gasteiger partial charge on any atom is 0.159 e. The van der Waals surface area contributed by atoms with E-state index in [2.05, 4.69) is 20.1 Å². The van der Waals surface area contributed by atoms with Crippen molar-refractivity contribution in [2.24, 2.45) is 0 Å². The van der Waals surface area contributed by atoms with Gasteiger partial charge in [0.05, 0.1) is 16.7 Å². The number of rotatable bonds is 1. The standard InChI is InChI=1S/C15H8Cl2FN5/c1-7-15(20-9-3-2-8(18)4-10(9)19-7)11-5-14-21-12(16)6-13(17)23(14)22-11/h2-6H,1H3. The Hall–Kier alpha value is -2.31. The Balaban J connectivity index is 1.96. The van der Waals surface area contributed by atoms with Gasteiger partial charge in [-0.15, -0.1) is 0 Å². The van der Waals surface area contributed by atoms with Crippen LogP contribution in [0.1, 0.15) is 5.69 Å². The lowest BCUT2D eigenvalue weighted by Gasteiger charge is -2.04. The van der Waals surface area contributed by atoms with Crippen molar-refractivity contribution < 1.29 is 4.39 Å². The molecule has 0 aliphatic heterocycles. The molecular formula is C15H8Cl2FN5. The Bertz CT molecular complexity index is 1080. The first-order valence-corrected chi connectivity index (χ1v) is 7.43. The first-order valence-electron chi connectivity index (χ1n) is 6.67. The van der Waals surface area contributed by atoms with Gasteiger partial charge in [0.1, 0.15) is 27.5 Å². The molecule has 0 bridgehead atoms. The van der Waals surface area contributed by atoms with E-state index in [4.69, 9.17) is 23.2 Å². The number of benzene rings is 1. The summed E-state index contributed by atoms with van der Waals surface area (Å²) in [6.07, 6.45) is 0. The van der Waals surface area contributed by atoms with Crippen LogP contribution in [0, 0.1) is 12.7 Å². The van der Waals surface area contributed by atoms with Gasteiger partial charge in [0.25, 0.3) is 0 Å². The van der Waals surface area contributed by atoms with Crippen LogP contribution < -0.4 is 0 Å². The van der Waals surface area contributed by atoms with Crippen LogP contribution in [0.15, 0.2) is 30.3 Å². The predicted molar refractivity (Wildman–Crippen MR) is 86.2 cm³/mol. The number of fused-ring (bicyclic) bond motifs is 2. The van der Waals surface area contributed by atoms with Crippen molar-refractivity contribution in [2.75, 3.05) is 0 Å². The molecule has 0 saturated heterocycles. The Labute approximate surface area is 139 Å². The number of halogens is 3. The first kappa shape index (κ1) is 14.3. The maximum absolute atomic E-state index is 13.3. The van der Waals surface area contributed by atoms with Crippen molar-refractivity contribution in [1.82, 2.24) is 24.6 Å². The van der Waals surface area contributed by atoms with Crippen LogP contribution in [0.25, 0.3) is 28.1 Å². The summed E-state index contributed by atoms with van der Waals surface area (Å²) in [7, 11) is 0. The van der Waals surface area contributed by atoms with E-state index >= 15 is 0 Å². The summed E-state index contributed by atoms with van der Waals surface area (Å²) in [5.74, 6) is -0.350. The van der Waals surface area contributed by atoms with E-state index in [-0.39, 0.29) is 11.0 Å². The van der Waals surface area contributed by atoms with Crippen molar-refractivity contribution in [1.29, 1.82) is 0 Å². The first-order chi connectivity index (χ1) is 11.0. The number of nitrogens with zero attached hydrogens (tertiary/aromatic N) is 5. The van der Waals surface area contributed by atoms with Gasteiger partial charge in [-0.3, -0.25) is 0 Å². The Kier molecular flexibility index (Phi) is 3.18. The van der Waals surface area contributed by atoms with E-state index in [0.717, 1.165) is 0 Å². The molecule has 3 heterocycles. The van der Waals surface area contributed by atoms with Gasteiger partial charge < -0.3 is 0 Å². The lowest BCUT2D eigenvalue weighted by atomic mass is 10.2. The fourth-order valence-corrected chi connectivity index (χ4v) is 2.86. The van der Waals surface area contributed by atoms with E-state index in [9.17, 15) is 4.39 Å². The second kappa shape index (κ2) is 5.11. The molecule has 0 fully saturated rings. The highest BCUT2D eigenvalue weighted by Gasteiger charge is 2.14. The fourth-order valence-electron chi connectivity index (χ4n) is 2.38. The van der Waals surface area contributed by atoms with Crippen molar-refractivity contribution in [3.63, 3.8) is 0 Å². The molecule has 1 aromatic carbocycles. The normalized spacial score (nSPS) is 11.5. The zero-order valence-electron chi connectivity index (χ0n) is 11.8. The van der Waals surface area contributed by atoms with E-state index in [1.54, 1.807) is 19.1 Å². The van der Waals surface area contributed by atoms with Crippen LogP contribution in [-0.2, 0) is 0 Å². The zero-order chi connectivity index (χ0) is 16.1. The molecule has 4 rings (SSSR count). The molecule has 0 amide bonds. The topological polar surface area (TPSA) is 56.0 Å². The Morgan fingerprint density at radius 2 is 1.83 bits per heavy atom. The van der Waals surface area contributed by atoms with Gasteiger partial charge in [0.15, 0.2) is 5.65 Å². The Morgan fingerprint density at radius 1 is 1.00 bits per heavy atom. The van der Waals surface area contributed by atoms with Crippen LogP contribution in [0.3, 0.4) is 0 Å². The number of aryl methyl sites for hydroxylation is 1. The van der Waals surface area contributed by atoms with Crippen LogP contribution in [-0.4, -0.2) is 24.6 Å². The molecule has 114 valence electrons. The minimum absolute atomic E-state index is 0.283. The molecule has 3 aromatic heterocycles. The summed E-state index contributed by atoms with van der Waals surface area (Å²) in [6.45, 7) is 1.79. The summed E-state index contributed by atoms with van der Waals surface area (Å²) in [6, 6.07) is 7.51. The van der Waals surface area contributed by atoms with Crippen LogP contribution >= 0.6 is 23.2 Å². The highest BCUT2D eigenvalue weighted by atomic mass is 35.5. The lowest BCUT2D eigenvalue weighted by Crippen LogP contribution is -1.96. The smallest absolute Gasteiger partial charge is 0.159 e. The largest absolute Gasteiger partial charge is 0.249 e. The molecule has 0 aliphatic carbocycles. The SMILES string of the molecule is Cc1nc2cc(F)ccc2nc1-c1cc2nc(Cl)cc(Cl)n2n1. The maximum atomic E-state index is 13.3. The molecule has 0 radical (unpaired) electrons. The second-order valence-electron chi connectivity index (χ2n) is 4.99. The minimum atomic E-state index is -0.350. The van der Waals surface area contributed by atoms with Gasteiger partial charge in [0, 0.05) is 18.2 Å². The van der Waals surface area contributed by atoms with E-state index in [1.165, 1.54) is 22.7 Å². The summed E-state index contributed by atoms with van der Waals surface area (Å²) >= 11 is 12.0. The fraction of sp³-hybridized carbons (Fsp3) is 0.0667. The van der Waals surface area contributed by atoms with Crippen LogP contribution in [0.4, 0.5) is 4.39 Å². The third kappa shape index (κ3) is 2.40. The van der Waals surface area contributed by atoms with Gasteiger partial charge in [0.2, 0.25) is 0 Å². The highest BCUT2D eigenvalue weighted by molar-refractivity contribution is 6.33. The summed E-state index contributed by atoms with van der Waals surface area (Å²) < 4.78 is 14.8. The van der Waals surface area contributed by atoms with Crippen molar-refractivity contribution in [3.8, 4) is 11.4 Å². The molecule has 0 unspecified atom stereocenters. The molecule has 0 aliphatic rings. The molecule has 8 heteroatoms.